The van der Waals surface area contributed by atoms with Crippen molar-refractivity contribution in [2.24, 2.45) is 0 Å². The Labute approximate surface area is 114 Å². The van der Waals surface area contributed by atoms with Crippen molar-refractivity contribution < 1.29 is 4.74 Å². The van der Waals surface area contributed by atoms with Crippen LogP contribution in [0, 0.1) is 0 Å². The number of rotatable bonds is 3. The van der Waals surface area contributed by atoms with E-state index in [2.05, 4.69) is 15.0 Å². The minimum absolute atomic E-state index is 0.261. The van der Waals surface area contributed by atoms with E-state index in [1.807, 2.05) is 24.3 Å². The fourth-order valence-corrected chi connectivity index (χ4v) is 2.04. The lowest BCUT2D eigenvalue weighted by Gasteiger charge is -2.04. The number of hydrogen-bond donors (Lipinski definition) is 2. The van der Waals surface area contributed by atoms with E-state index in [9.17, 15) is 4.79 Å². The first-order valence-corrected chi connectivity index (χ1v) is 6.01. The van der Waals surface area contributed by atoms with Gasteiger partial charge in [0, 0.05) is 0 Å². The number of benzene rings is 1. The van der Waals surface area contributed by atoms with Gasteiger partial charge in [0.25, 0.3) is 0 Å². The number of nitrogens with zero attached hydrogens (tertiary/aromatic N) is 3. The van der Waals surface area contributed by atoms with Crippen LogP contribution in [0.5, 0.6) is 5.75 Å². The maximum atomic E-state index is 12.0. The average molecular weight is 271 g/mol. The molecular formula is C13H13N5O2. The maximum Gasteiger partial charge on any atom is 0.328 e. The van der Waals surface area contributed by atoms with Gasteiger partial charge < -0.3 is 15.5 Å². The number of hydrogen-bond acceptors (Lipinski definition) is 5. The Morgan fingerprint density at radius 3 is 2.75 bits per heavy atom. The van der Waals surface area contributed by atoms with Crippen molar-refractivity contribution in [3.63, 3.8) is 0 Å². The van der Waals surface area contributed by atoms with Gasteiger partial charge in [-0.1, -0.05) is 12.1 Å². The van der Waals surface area contributed by atoms with Crippen molar-refractivity contribution in [3.8, 4) is 5.75 Å². The van der Waals surface area contributed by atoms with Crippen molar-refractivity contribution in [1.82, 2.24) is 19.5 Å². The van der Waals surface area contributed by atoms with Gasteiger partial charge in [0.15, 0.2) is 11.5 Å². The molecule has 7 heteroatoms. The first-order chi connectivity index (χ1) is 9.69. The zero-order valence-corrected chi connectivity index (χ0v) is 10.8. The highest BCUT2D eigenvalue weighted by molar-refractivity contribution is 5.81. The van der Waals surface area contributed by atoms with Gasteiger partial charge >= 0.3 is 5.69 Å². The molecule has 3 rings (SSSR count). The van der Waals surface area contributed by atoms with E-state index in [-0.39, 0.29) is 11.5 Å². The summed E-state index contributed by atoms with van der Waals surface area (Å²) in [6, 6.07) is 7.49. The zero-order valence-electron chi connectivity index (χ0n) is 10.8. The Balaban J connectivity index is 2.04. The van der Waals surface area contributed by atoms with Crippen molar-refractivity contribution in [1.29, 1.82) is 0 Å². The van der Waals surface area contributed by atoms with Gasteiger partial charge in [-0.3, -0.25) is 4.57 Å². The monoisotopic (exact) mass is 271 g/mol. The number of methoxy groups -OCH3 is 1. The molecular weight excluding hydrogens is 258 g/mol. The molecule has 0 unspecified atom stereocenters. The lowest BCUT2D eigenvalue weighted by Crippen LogP contribution is -2.17. The normalized spacial score (nSPS) is 10.8. The second-order valence-electron chi connectivity index (χ2n) is 4.32. The number of aromatic amines is 1. The van der Waals surface area contributed by atoms with Gasteiger partial charge in [-0.2, -0.15) is 0 Å². The van der Waals surface area contributed by atoms with Crippen LogP contribution in [0.15, 0.2) is 35.4 Å². The molecule has 0 amide bonds. The number of anilines is 1. The number of ether oxygens (including phenoxy) is 1. The molecule has 1 aromatic carbocycles. The molecule has 0 fully saturated rings. The van der Waals surface area contributed by atoms with Crippen molar-refractivity contribution in [2.75, 3.05) is 12.8 Å². The Morgan fingerprint density at radius 1 is 1.30 bits per heavy atom. The zero-order chi connectivity index (χ0) is 14.1. The van der Waals surface area contributed by atoms with Crippen LogP contribution in [-0.4, -0.2) is 26.6 Å². The third-order valence-electron chi connectivity index (χ3n) is 3.09. The topological polar surface area (TPSA) is 98.8 Å². The van der Waals surface area contributed by atoms with E-state index in [0.29, 0.717) is 17.7 Å². The number of nitrogens with one attached hydrogen (secondary N) is 1. The van der Waals surface area contributed by atoms with Crippen LogP contribution >= 0.6 is 0 Å². The van der Waals surface area contributed by atoms with Crippen molar-refractivity contribution in [3.05, 3.63) is 46.6 Å². The fraction of sp³-hybridized carbons (Fsp3) is 0.154. The second kappa shape index (κ2) is 4.69. The summed E-state index contributed by atoms with van der Waals surface area (Å²) in [6.45, 7) is 0.402. The molecule has 3 aromatic rings. The summed E-state index contributed by atoms with van der Waals surface area (Å²) in [5, 5.41) is 0. The molecule has 0 saturated carbocycles. The number of fused-ring (bicyclic) bond motifs is 1. The summed E-state index contributed by atoms with van der Waals surface area (Å²) in [6.07, 6.45) is 1.34. The summed E-state index contributed by atoms with van der Waals surface area (Å²) >= 11 is 0. The third-order valence-corrected chi connectivity index (χ3v) is 3.09. The summed E-state index contributed by atoms with van der Waals surface area (Å²) in [5.74, 6) is 1.03. The first-order valence-electron chi connectivity index (χ1n) is 6.01. The van der Waals surface area contributed by atoms with Crippen LogP contribution < -0.4 is 16.2 Å². The summed E-state index contributed by atoms with van der Waals surface area (Å²) in [5.41, 5.74) is 7.38. The molecule has 3 N–H and O–H groups in total. The molecule has 0 bridgehead atoms. The van der Waals surface area contributed by atoms with Crippen LogP contribution in [-0.2, 0) is 6.54 Å². The third kappa shape index (κ3) is 1.99. The van der Waals surface area contributed by atoms with E-state index in [1.165, 1.54) is 10.9 Å². The molecule has 2 aromatic heterocycles. The fourth-order valence-electron chi connectivity index (χ4n) is 2.04. The number of nitrogen functional groups attached to an aromatic ring is 1. The highest BCUT2D eigenvalue weighted by Crippen LogP contribution is 2.15. The van der Waals surface area contributed by atoms with Gasteiger partial charge in [0.2, 0.25) is 0 Å². The van der Waals surface area contributed by atoms with E-state index in [0.717, 1.165) is 11.3 Å². The predicted molar refractivity (Wildman–Crippen MR) is 74.7 cm³/mol. The van der Waals surface area contributed by atoms with Gasteiger partial charge in [0.05, 0.1) is 13.7 Å². The largest absolute Gasteiger partial charge is 0.497 e. The number of H-pyrrole nitrogens is 1. The number of aromatic nitrogens is 4. The molecule has 0 saturated heterocycles. The van der Waals surface area contributed by atoms with Crippen LogP contribution in [0.2, 0.25) is 0 Å². The number of nitrogens with two attached hydrogens (primary N) is 1. The molecule has 20 heavy (non-hydrogen) atoms. The maximum absolute atomic E-state index is 12.0. The molecule has 102 valence electrons. The Morgan fingerprint density at radius 2 is 2.05 bits per heavy atom. The van der Waals surface area contributed by atoms with E-state index < -0.39 is 0 Å². The van der Waals surface area contributed by atoms with Gasteiger partial charge in [-0.25, -0.2) is 14.8 Å². The Bertz CT molecular complexity index is 804. The molecule has 0 aliphatic rings. The summed E-state index contributed by atoms with van der Waals surface area (Å²) in [7, 11) is 1.61. The molecule has 0 atom stereocenters. The van der Waals surface area contributed by atoms with E-state index in [1.54, 1.807) is 7.11 Å². The van der Waals surface area contributed by atoms with Gasteiger partial charge in [0.1, 0.15) is 17.6 Å². The van der Waals surface area contributed by atoms with Gasteiger partial charge in [-0.15, -0.1) is 0 Å². The van der Waals surface area contributed by atoms with E-state index in [4.69, 9.17) is 10.5 Å². The SMILES string of the molecule is COc1ccc(Cn2c(=O)[nH]c3c(N)ncnc32)cc1. The van der Waals surface area contributed by atoms with Crippen LogP contribution in [0.3, 0.4) is 0 Å². The summed E-state index contributed by atoms with van der Waals surface area (Å²) in [4.78, 5) is 22.6. The summed E-state index contributed by atoms with van der Waals surface area (Å²) < 4.78 is 6.63. The Hall–Kier alpha value is -2.83. The standard InChI is InChI=1S/C13H13N5O2/c1-20-9-4-2-8(3-5-9)6-18-12-10(17-13(18)19)11(14)15-7-16-12/h2-5,7H,6H2,1H3,(H,17,19)(H2,14,15,16). The minimum Gasteiger partial charge on any atom is -0.497 e. The lowest BCUT2D eigenvalue weighted by atomic mass is 10.2. The average Bonchev–Trinajstić information content (AvgIpc) is 2.78. The van der Waals surface area contributed by atoms with Crippen LogP contribution in [0.4, 0.5) is 5.82 Å². The highest BCUT2D eigenvalue weighted by Gasteiger charge is 2.11. The highest BCUT2D eigenvalue weighted by atomic mass is 16.5. The van der Waals surface area contributed by atoms with Crippen LogP contribution in [0.1, 0.15) is 5.56 Å². The van der Waals surface area contributed by atoms with Crippen molar-refractivity contribution in [2.45, 2.75) is 6.54 Å². The predicted octanol–water partition coefficient (Wildman–Crippen LogP) is 0.759. The quantitative estimate of drug-likeness (QED) is 0.732. The molecule has 0 aliphatic carbocycles. The van der Waals surface area contributed by atoms with Crippen molar-refractivity contribution >= 4 is 17.0 Å². The molecule has 0 radical (unpaired) electrons. The van der Waals surface area contributed by atoms with E-state index >= 15 is 0 Å². The second-order valence-corrected chi connectivity index (χ2v) is 4.32. The molecule has 7 nitrogen and oxygen atoms in total. The molecule has 0 aliphatic heterocycles. The lowest BCUT2D eigenvalue weighted by molar-refractivity contribution is 0.414. The Kier molecular flexibility index (Phi) is 2.86. The molecule has 2 heterocycles. The number of imidazole rings is 1. The smallest absolute Gasteiger partial charge is 0.328 e. The van der Waals surface area contributed by atoms with Crippen LogP contribution in [0.25, 0.3) is 11.2 Å². The molecule has 0 spiro atoms. The van der Waals surface area contributed by atoms with Gasteiger partial charge in [-0.05, 0) is 17.7 Å². The first kappa shape index (κ1) is 12.2. The minimum atomic E-state index is -0.261.